The third kappa shape index (κ3) is 2.97. The zero-order valence-electron chi connectivity index (χ0n) is 15.7. The van der Waals surface area contributed by atoms with Crippen molar-refractivity contribution in [2.75, 3.05) is 6.61 Å². The third-order valence-corrected chi connectivity index (χ3v) is 5.56. The molecule has 1 atom stereocenters. The van der Waals surface area contributed by atoms with Crippen LogP contribution >= 0.6 is 0 Å². The van der Waals surface area contributed by atoms with Crippen molar-refractivity contribution in [1.82, 2.24) is 24.5 Å². The van der Waals surface area contributed by atoms with E-state index in [1.165, 1.54) is 31.4 Å². The van der Waals surface area contributed by atoms with Crippen LogP contribution in [-0.4, -0.2) is 42.4 Å². The quantitative estimate of drug-likeness (QED) is 0.749. The highest BCUT2D eigenvalue weighted by Gasteiger charge is 2.28. The van der Waals surface area contributed by atoms with E-state index >= 15 is 0 Å². The second kappa shape index (κ2) is 6.70. The molecule has 3 aromatic rings. The Balaban J connectivity index is 1.61. The monoisotopic (exact) mass is 383 g/mol. The maximum Gasteiger partial charge on any atom is 0.223 e. The van der Waals surface area contributed by atoms with E-state index < -0.39 is 6.10 Å². The molecule has 28 heavy (non-hydrogen) atoms. The standard InChI is InChI=1S/C20H22FN5O2/c1-12-7-14(21)5-6-17(12)26-19(23-18(24-26)8-13-3-2-4-13)16-9-22-25-10-15(27)11-28-20(16)25/h5-7,9,13,15,27H,2-4,8,10-11H2,1H3. The second-order valence-electron chi connectivity index (χ2n) is 7.71. The number of hydrogen-bond donors (Lipinski definition) is 1. The number of rotatable bonds is 4. The minimum Gasteiger partial charge on any atom is -0.474 e. The summed E-state index contributed by atoms with van der Waals surface area (Å²) in [6.07, 6.45) is 5.64. The fraction of sp³-hybridized carbons (Fsp3) is 0.450. The van der Waals surface area contributed by atoms with Crippen molar-refractivity contribution in [2.45, 2.75) is 45.3 Å². The van der Waals surface area contributed by atoms with Crippen LogP contribution in [0.2, 0.25) is 0 Å². The first-order valence-corrected chi connectivity index (χ1v) is 9.68. The largest absolute Gasteiger partial charge is 0.474 e. The van der Waals surface area contributed by atoms with Crippen molar-refractivity contribution in [1.29, 1.82) is 0 Å². The number of nitrogens with zero attached hydrogens (tertiary/aromatic N) is 5. The van der Waals surface area contributed by atoms with Crippen molar-refractivity contribution in [2.24, 2.45) is 5.92 Å². The lowest BCUT2D eigenvalue weighted by Crippen LogP contribution is -2.30. The molecule has 1 fully saturated rings. The Morgan fingerprint density at radius 2 is 2.18 bits per heavy atom. The first-order chi connectivity index (χ1) is 13.6. The van der Waals surface area contributed by atoms with E-state index in [4.69, 9.17) is 14.8 Å². The van der Waals surface area contributed by atoms with Crippen LogP contribution in [0.4, 0.5) is 4.39 Å². The van der Waals surface area contributed by atoms with Gasteiger partial charge in [0, 0.05) is 6.42 Å². The van der Waals surface area contributed by atoms with E-state index in [-0.39, 0.29) is 12.4 Å². The third-order valence-electron chi connectivity index (χ3n) is 5.56. The number of aromatic nitrogens is 5. The van der Waals surface area contributed by atoms with Gasteiger partial charge in [0.05, 0.1) is 18.4 Å². The molecule has 1 aromatic carbocycles. The molecule has 2 aromatic heterocycles. The average molecular weight is 383 g/mol. The summed E-state index contributed by atoms with van der Waals surface area (Å²) in [5.74, 6) is 2.33. The van der Waals surface area contributed by atoms with Gasteiger partial charge in [-0.15, -0.1) is 0 Å². The molecule has 2 aliphatic rings. The Hall–Kier alpha value is -2.74. The summed E-state index contributed by atoms with van der Waals surface area (Å²) in [5, 5.41) is 18.9. The van der Waals surface area contributed by atoms with E-state index in [2.05, 4.69) is 5.10 Å². The Morgan fingerprint density at radius 1 is 1.32 bits per heavy atom. The predicted molar refractivity (Wildman–Crippen MR) is 99.8 cm³/mol. The zero-order chi connectivity index (χ0) is 19.3. The summed E-state index contributed by atoms with van der Waals surface area (Å²) in [7, 11) is 0. The molecule has 146 valence electrons. The molecule has 0 spiro atoms. The predicted octanol–water partition coefficient (Wildman–Crippen LogP) is 2.67. The number of fused-ring (bicyclic) bond motifs is 1. The maximum atomic E-state index is 13.6. The molecule has 1 aliphatic heterocycles. The van der Waals surface area contributed by atoms with Gasteiger partial charge in [-0.25, -0.2) is 18.7 Å². The maximum absolute atomic E-state index is 13.6. The molecular weight excluding hydrogens is 361 g/mol. The van der Waals surface area contributed by atoms with Crippen LogP contribution in [0.25, 0.3) is 17.1 Å². The smallest absolute Gasteiger partial charge is 0.223 e. The van der Waals surface area contributed by atoms with Gasteiger partial charge in [0.15, 0.2) is 11.6 Å². The lowest BCUT2D eigenvalue weighted by Gasteiger charge is -2.23. The van der Waals surface area contributed by atoms with E-state index in [9.17, 15) is 9.50 Å². The molecule has 8 heteroatoms. The van der Waals surface area contributed by atoms with Crippen molar-refractivity contribution in [3.05, 3.63) is 41.6 Å². The topological polar surface area (TPSA) is 78.0 Å². The molecule has 0 radical (unpaired) electrons. The number of ether oxygens (including phenoxy) is 1. The Kier molecular flexibility index (Phi) is 4.16. The second-order valence-corrected chi connectivity index (χ2v) is 7.71. The summed E-state index contributed by atoms with van der Waals surface area (Å²) in [6.45, 7) is 2.46. The van der Waals surface area contributed by atoms with E-state index in [0.717, 1.165) is 29.1 Å². The van der Waals surface area contributed by atoms with Gasteiger partial charge in [0.25, 0.3) is 0 Å². The minimum absolute atomic E-state index is 0.220. The van der Waals surface area contributed by atoms with Crippen LogP contribution in [0.3, 0.4) is 0 Å². The van der Waals surface area contributed by atoms with Crippen LogP contribution < -0.4 is 4.74 Å². The highest BCUT2D eigenvalue weighted by atomic mass is 19.1. The van der Waals surface area contributed by atoms with Gasteiger partial charge in [0.1, 0.15) is 24.1 Å². The molecule has 1 aliphatic carbocycles. The number of hydrogen-bond acceptors (Lipinski definition) is 5. The average Bonchev–Trinajstić information content (AvgIpc) is 3.21. The van der Waals surface area contributed by atoms with Crippen molar-refractivity contribution in [3.8, 4) is 23.0 Å². The summed E-state index contributed by atoms with van der Waals surface area (Å²) in [6, 6.07) is 4.64. The number of halogens is 1. The Morgan fingerprint density at radius 3 is 2.93 bits per heavy atom. The Bertz CT molecular complexity index is 1020. The van der Waals surface area contributed by atoms with Crippen molar-refractivity contribution < 1.29 is 14.2 Å². The number of aryl methyl sites for hydroxylation is 1. The summed E-state index contributed by atoms with van der Waals surface area (Å²) < 4.78 is 22.8. The first kappa shape index (κ1) is 17.4. The molecule has 3 heterocycles. The lowest BCUT2D eigenvalue weighted by atomic mass is 9.83. The highest BCUT2D eigenvalue weighted by molar-refractivity contribution is 5.64. The molecule has 7 nitrogen and oxygen atoms in total. The normalized spacial score (nSPS) is 19.2. The summed E-state index contributed by atoms with van der Waals surface area (Å²) in [5.41, 5.74) is 2.28. The van der Waals surface area contributed by atoms with Crippen LogP contribution in [0.1, 0.15) is 30.7 Å². The van der Waals surface area contributed by atoms with E-state index in [1.54, 1.807) is 21.6 Å². The van der Waals surface area contributed by atoms with Crippen molar-refractivity contribution in [3.63, 3.8) is 0 Å². The van der Waals surface area contributed by atoms with Gasteiger partial charge < -0.3 is 9.84 Å². The molecule has 5 rings (SSSR count). The molecule has 1 N–H and O–H groups in total. The summed E-state index contributed by atoms with van der Waals surface area (Å²) in [4.78, 5) is 4.80. The number of benzene rings is 1. The van der Waals surface area contributed by atoms with Gasteiger partial charge in [-0.1, -0.05) is 19.3 Å². The van der Waals surface area contributed by atoms with Gasteiger partial charge in [-0.05, 0) is 36.6 Å². The van der Waals surface area contributed by atoms with Crippen LogP contribution in [0.5, 0.6) is 5.88 Å². The summed E-state index contributed by atoms with van der Waals surface area (Å²) >= 11 is 0. The first-order valence-electron chi connectivity index (χ1n) is 9.68. The van der Waals surface area contributed by atoms with Gasteiger partial charge in [0.2, 0.25) is 5.88 Å². The number of aliphatic hydroxyl groups excluding tert-OH is 1. The molecule has 1 unspecified atom stereocenters. The fourth-order valence-corrected chi connectivity index (χ4v) is 3.83. The van der Waals surface area contributed by atoms with Gasteiger partial charge in [-0.2, -0.15) is 10.2 Å². The highest BCUT2D eigenvalue weighted by Crippen LogP contribution is 2.34. The fourth-order valence-electron chi connectivity index (χ4n) is 3.83. The number of aliphatic hydroxyl groups is 1. The van der Waals surface area contributed by atoms with Crippen LogP contribution in [0.15, 0.2) is 24.4 Å². The minimum atomic E-state index is -0.577. The van der Waals surface area contributed by atoms with E-state index in [0.29, 0.717) is 24.2 Å². The SMILES string of the molecule is Cc1cc(F)ccc1-n1nc(CC2CCC2)nc1-c1cnn2c1OCC(O)C2. The molecular formula is C20H22FN5O2. The molecule has 1 saturated carbocycles. The van der Waals surface area contributed by atoms with E-state index in [1.807, 2.05) is 6.92 Å². The Labute approximate surface area is 161 Å². The van der Waals surface area contributed by atoms with Crippen LogP contribution in [0, 0.1) is 18.7 Å². The lowest BCUT2D eigenvalue weighted by molar-refractivity contribution is 0.0561. The molecule has 0 amide bonds. The van der Waals surface area contributed by atoms with Gasteiger partial charge in [-0.3, -0.25) is 0 Å². The molecule has 0 saturated heterocycles. The van der Waals surface area contributed by atoms with Gasteiger partial charge >= 0.3 is 0 Å². The van der Waals surface area contributed by atoms with Crippen LogP contribution in [-0.2, 0) is 13.0 Å². The van der Waals surface area contributed by atoms with Crippen molar-refractivity contribution >= 4 is 0 Å². The molecule has 0 bridgehead atoms. The zero-order valence-corrected chi connectivity index (χ0v) is 15.7.